The largest absolute Gasteiger partial charge is 0.351 e. The normalized spacial score (nSPS) is 16.7. The fourth-order valence-electron chi connectivity index (χ4n) is 3.52. The molecule has 3 aromatic rings. The van der Waals surface area contributed by atoms with Gasteiger partial charge in [-0.2, -0.15) is 0 Å². The van der Waals surface area contributed by atoms with Crippen LogP contribution < -0.4 is 0 Å². The molecule has 1 fully saturated rings. The Morgan fingerprint density at radius 2 is 2.00 bits per heavy atom. The molecule has 0 spiro atoms. The van der Waals surface area contributed by atoms with Crippen LogP contribution in [-0.2, 0) is 6.42 Å². The van der Waals surface area contributed by atoms with Gasteiger partial charge in [0.1, 0.15) is 5.82 Å². The fourth-order valence-corrected chi connectivity index (χ4v) is 3.72. The zero-order valence-corrected chi connectivity index (χ0v) is 15.3. The van der Waals surface area contributed by atoms with Gasteiger partial charge in [-0.05, 0) is 42.2 Å². The molecule has 1 amide bonds. The Kier molecular flexibility index (Phi) is 4.94. The second-order valence-corrected chi connectivity index (χ2v) is 7.07. The van der Waals surface area contributed by atoms with Crippen LogP contribution in [0.4, 0.5) is 4.39 Å². The summed E-state index contributed by atoms with van der Waals surface area (Å²) >= 11 is 6.18. The number of carbonyl (C=O) groups is 1. The molecule has 1 aromatic heterocycles. The number of benzene rings is 2. The molecule has 1 saturated heterocycles. The molecule has 138 valence electrons. The fraction of sp³-hybridized carbons (Fsp3) is 0.238. The van der Waals surface area contributed by atoms with Crippen LogP contribution in [0.15, 0.2) is 59.1 Å². The first-order chi connectivity index (χ1) is 13.1. The van der Waals surface area contributed by atoms with Crippen molar-refractivity contribution in [2.24, 2.45) is 0 Å². The minimum atomic E-state index is -0.283. The molecule has 2 aromatic carbocycles. The SMILES string of the molecule is O=C(c1cc(Cc2ccccc2Cl)no1)N1CCCC1c1ccc(F)cc1. The summed E-state index contributed by atoms with van der Waals surface area (Å²) in [5.41, 5.74) is 2.51. The van der Waals surface area contributed by atoms with Gasteiger partial charge < -0.3 is 9.42 Å². The van der Waals surface area contributed by atoms with Gasteiger partial charge in [0, 0.05) is 24.1 Å². The number of halogens is 2. The van der Waals surface area contributed by atoms with Gasteiger partial charge in [-0.25, -0.2) is 4.39 Å². The van der Waals surface area contributed by atoms with E-state index in [4.69, 9.17) is 16.1 Å². The summed E-state index contributed by atoms with van der Waals surface area (Å²) in [6.45, 7) is 0.640. The summed E-state index contributed by atoms with van der Waals surface area (Å²) in [6.07, 6.45) is 2.24. The molecule has 4 rings (SSSR count). The number of carbonyl (C=O) groups excluding carboxylic acids is 1. The van der Waals surface area contributed by atoms with Crippen LogP contribution >= 0.6 is 11.6 Å². The van der Waals surface area contributed by atoms with Crippen molar-refractivity contribution < 1.29 is 13.7 Å². The molecule has 0 bridgehead atoms. The minimum Gasteiger partial charge on any atom is -0.351 e. The van der Waals surface area contributed by atoms with Gasteiger partial charge in [0.25, 0.3) is 5.91 Å². The van der Waals surface area contributed by atoms with Gasteiger partial charge >= 0.3 is 0 Å². The van der Waals surface area contributed by atoms with E-state index in [1.54, 1.807) is 23.1 Å². The third-order valence-corrected chi connectivity index (χ3v) is 5.24. The number of rotatable bonds is 4. The van der Waals surface area contributed by atoms with Gasteiger partial charge in [-0.15, -0.1) is 0 Å². The molecule has 0 saturated carbocycles. The molecule has 1 aliphatic rings. The van der Waals surface area contributed by atoms with E-state index in [9.17, 15) is 9.18 Å². The van der Waals surface area contributed by atoms with Crippen LogP contribution in [-0.4, -0.2) is 22.5 Å². The predicted molar refractivity (Wildman–Crippen MR) is 100 cm³/mol. The van der Waals surface area contributed by atoms with E-state index >= 15 is 0 Å². The van der Waals surface area contributed by atoms with Crippen molar-refractivity contribution >= 4 is 17.5 Å². The lowest BCUT2D eigenvalue weighted by Gasteiger charge is -2.23. The smallest absolute Gasteiger partial charge is 0.292 e. The molecule has 2 heterocycles. The van der Waals surface area contributed by atoms with Crippen LogP contribution in [0.1, 0.15) is 46.3 Å². The van der Waals surface area contributed by atoms with Crippen LogP contribution in [0.5, 0.6) is 0 Å². The second kappa shape index (κ2) is 7.53. The van der Waals surface area contributed by atoms with Crippen molar-refractivity contribution in [1.29, 1.82) is 0 Å². The third kappa shape index (κ3) is 3.74. The van der Waals surface area contributed by atoms with E-state index in [-0.39, 0.29) is 23.5 Å². The summed E-state index contributed by atoms with van der Waals surface area (Å²) in [4.78, 5) is 14.7. The molecule has 1 unspecified atom stereocenters. The zero-order valence-electron chi connectivity index (χ0n) is 14.6. The minimum absolute atomic E-state index is 0.0739. The summed E-state index contributed by atoms with van der Waals surface area (Å²) < 4.78 is 18.5. The Balaban J connectivity index is 1.51. The summed E-state index contributed by atoms with van der Waals surface area (Å²) in [5.74, 6) is -0.264. The number of hydrogen-bond acceptors (Lipinski definition) is 3. The van der Waals surface area contributed by atoms with Crippen molar-refractivity contribution in [3.8, 4) is 0 Å². The van der Waals surface area contributed by atoms with Crippen LogP contribution in [0.25, 0.3) is 0 Å². The van der Waals surface area contributed by atoms with Crippen molar-refractivity contribution in [3.05, 3.63) is 88.0 Å². The molecule has 6 heteroatoms. The molecule has 1 aliphatic heterocycles. The van der Waals surface area contributed by atoms with E-state index < -0.39 is 0 Å². The lowest BCUT2D eigenvalue weighted by Crippen LogP contribution is -2.30. The first-order valence-corrected chi connectivity index (χ1v) is 9.25. The second-order valence-electron chi connectivity index (χ2n) is 6.66. The highest BCUT2D eigenvalue weighted by Gasteiger charge is 2.32. The van der Waals surface area contributed by atoms with Crippen LogP contribution in [0.2, 0.25) is 5.02 Å². The molecule has 0 aliphatic carbocycles. The Bertz CT molecular complexity index is 955. The lowest BCUT2D eigenvalue weighted by atomic mass is 10.0. The summed E-state index contributed by atoms with van der Waals surface area (Å²) in [7, 11) is 0. The van der Waals surface area contributed by atoms with E-state index in [2.05, 4.69) is 5.16 Å². The molecule has 0 radical (unpaired) electrons. The van der Waals surface area contributed by atoms with Crippen molar-refractivity contribution in [2.45, 2.75) is 25.3 Å². The maximum absolute atomic E-state index is 13.2. The highest BCUT2D eigenvalue weighted by molar-refractivity contribution is 6.31. The summed E-state index contributed by atoms with van der Waals surface area (Å²) in [5, 5.41) is 4.68. The van der Waals surface area contributed by atoms with Crippen molar-refractivity contribution in [3.63, 3.8) is 0 Å². The standard InChI is InChI=1S/C21H18ClFN2O2/c22-18-5-2-1-4-15(18)12-17-13-20(27-24-17)21(26)25-11-3-6-19(25)14-7-9-16(23)10-8-14/h1-2,4-5,7-10,13,19H,3,6,11-12H2. The van der Waals surface area contributed by atoms with Gasteiger partial charge in [0.15, 0.2) is 0 Å². The van der Waals surface area contributed by atoms with E-state index in [0.717, 1.165) is 24.0 Å². The number of aromatic nitrogens is 1. The molecular formula is C21H18ClFN2O2. The number of hydrogen-bond donors (Lipinski definition) is 0. The monoisotopic (exact) mass is 384 g/mol. The van der Waals surface area contributed by atoms with Gasteiger partial charge in [0.2, 0.25) is 5.76 Å². The maximum atomic E-state index is 13.2. The Morgan fingerprint density at radius 1 is 1.22 bits per heavy atom. The molecular weight excluding hydrogens is 367 g/mol. The quantitative estimate of drug-likeness (QED) is 0.633. The topological polar surface area (TPSA) is 46.3 Å². The molecule has 4 nitrogen and oxygen atoms in total. The van der Waals surface area contributed by atoms with Crippen molar-refractivity contribution in [1.82, 2.24) is 10.1 Å². The van der Waals surface area contributed by atoms with Crippen molar-refractivity contribution in [2.75, 3.05) is 6.54 Å². The van der Waals surface area contributed by atoms with Crippen LogP contribution in [0, 0.1) is 5.82 Å². The highest BCUT2D eigenvalue weighted by atomic mass is 35.5. The van der Waals surface area contributed by atoms with E-state index in [0.29, 0.717) is 23.7 Å². The zero-order chi connectivity index (χ0) is 18.8. The lowest BCUT2D eigenvalue weighted by molar-refractivity contribution is 0.0693. The highest BCUT2D eigenvalue weighted by Crippen LogP contribution is 2.33. The average Bonchev–Trinajstić information content (AvgIpc) is 3.33. The Labute approximate surface area is 161 Å². The van der Waals surface area contributed by atoms with Gasteiger partial charge in [-0.3, -0.25) is 4.79 Å². The summed E-state index contributed by atoms with van der Waals surface area (Å²) in [6, 6.07) is 15.4. The first kappa shape index (κ1) is 17.7. The van der Waals surface area contributed by atoms with Gasteiger partial charge in [-0.1, -0.05) is 47.1 Å². The number of amides is 1. The molecule has 1 atom stereocenters. The number of nitrogens with zero attached hydrogens (tertiary/aromatic N) is 2. The first-order valence-electron chi connectivity index (χ1n) is 8.87. The predicted octanol–water partition coefficient (Wildman–Crippen LogP) is 5.04. The molecule has 27 heavy (non-hydrogen) atoms. The molecule has 0 N–H and O–H groups in total. The van der Waals surface area contributed by atoms with Gasteiger partial charge in [0.05, 0.1) is 11.7 Å². The maximum Gasteiger partial charge on any atom is 0.292 e. The Morgan fingerprint density at radius 3 is 2.78 bits per heavy atom. The third-order valence-electron chi connectivity index (χ3n) is 4.87. The number of likely N-dealkylation sites (tertiary alicyclic amines) is 1. The van der Waals surface area contributed by atoms with Crippen LogP contribution in [0.3, 0.4) is 0 Å². The Hall–Kier alpha value is -2.66. The van der Waals surface area contributed by atoms with E-state index in [1.807, 2.05) is 24.3 Å². The average molecular weight is 385 g/mol. The van der Waals surface area contributed by atoms with E-state index in [1.165, 1.54) is 12.1 Å².